The van der Waals surface area contributed by atoms with E-state index in [4.69, 9.17) is 9.52 Å². The fourth-order valence-electron chi connectivity index (χ4n) is 3.85. The van der Waals surface area contributed by atoms with Crippen molar-refractivity contribution in [3.8, 4) is 0 Å². The number of amides is 1. The van der Waals surface area contributed by atoms with E-state index >= 15 is 0 Å². The summed E-state index contributed by atoms with van der Waals surface area (Å²) in [5, 5.41) is 6.36. The summed E-state index contributed by atoms with van der Waals surface area (Å²) in [6, 6.07) is 12.0. The molecule has 0 aliphatic carbocycles. The van der Waals surface area contributed by atoms with Gasteiger partial charge in [-0.25, -0.2) is 5.01 Å². The van der Waals surface area contributed by atoms with Crippen LogP contribution in [-0.2, 0) is 4.79 Å². The molecule has 2 aliphatic heterocycles. The van der Waals surface area contributed by atoms with Gasteiger partial charge in [0.2, 0.25) is 0 Å². The number of likely N-dealkylation sites (tertiary alicyclic amines) is 1. The maximum Gasteiger partial charge on any atom is 0.257 e. The third kappa shape index (κ3) is 3.98. The van der Waals surface area contributed by atoms with Gasteiger partial charge in [-0.1, -0.05) is 36.8 Å². The Morgan fingerprint density at radius 2 is 1.93 bits per heavy atom. The molecular weight excluding hydrogens is 338 g/mol. The first kappa shape index (κ1) is 18.0. The number of benzene rings is 1. The van der Waals surface area contributed by atoms with E-state index in [1.807, 2.05) is 12.1 Å². The lowest BCUT2D eigenvalue weighted by Crippen LogP contribution is -2.41. The fraction of sp³-hybridized carbons (Fsp3) is 0.455. The third-order valence-corrected chi connectivity index (χ3v) is 5.66. The smallest absolute Gasteiger partial charge is 0.257 e. The van der Waals surface area contributed by atoms with Gasteiger partial charge in [-0.15, -0.1) is 0 Å². The van der Waals surface area contributed by atoms with Gasteiger partial charge >= 0.3 is 0 Å². The molecule has 5 heteroatoms. The Labute approximate surface area is 160 Å². The molecule has 1 atom stereocenters. The topological polar surface area (TPSA) is 49.1 Å². The molecule has 27 heavy (non-hydrogen) atoms. The van der Waals surface area contributed by atoms with E-state index in [0.717, 1.165) is 48.9 Å². The van der Waals surface area contributed by atoms with Crippen LogP contribution in [0, 0.1) is 12.8 Å². The number of carbonyl (C=O) groups excluding carboxylic acids is 1. The molecule has 1 saturated heterocycles. The highest BCUT2D eigenvalue weighted by Crippen LogP contribution is 2.33. The van der Waals surface area contributed by atoms with Gasteiger partial charge in [-0.3, -0.25) is 9.69 Å². The predicted molar refractivity (Wildman–Crippen MR) is 105 cm³/mol. The van der Waals surface area contributed by atoms with Crippen LogP contribution in [0.2, 0.25) is 0 Å². The SMILES string of the molecule is Cc1ccc(C2=NN(C(=O)CN3CCC(C)CC3)C(c3ccco3)C2)cc1. The predicted octanol–water partition coefficient (Wildman–Crippen LogP) is 4.00. The molecule has 2 aliphatic rings. The van der Waals surface area contributed by atoms with Crippen molar-refractivity contribution in [2.75, 3.05) is 19.6 Å². The third-order valence-electron chi connectivity index (χ3n) is 5.66. The average molecular weight is 365 g/mol. The first-order chi connectivity index (χ1) is 13.1. The molecule has 1 amide bonds. The summed E-state index contributed by atoms with van der Waals surface area (Å²) in [6.07, 6.45) is 4.66. The minimum Gasteiger partial charge on any atom is -0.467 e. The summed E-state index contributed by atoms with van der Waals surface area (Å²) in [4.78, 5) is 15.3. The van der Waals surface area contributed by atoms with Crippen LogP contribution in [0.25, 0.3) is 0 Å². The molecule has 0 saturated carbocycles. The Hall–Kier alpha value is -2.40. The Balaban J connectivity index is 1.54. The monoisotopic (exact) mass is 365 g/mol. The molecule has 5 nitrogen and oxygen atoms in total. The van der Waals surface area contributed by atoms with Crippen molar-refractivity contribution < 1.29 is 9.21 Å². The quantitative estimate of drug-likeness (QED) is 0.823. The van der Waals surface area contributed by atoms with Crippen LogP contribution in [0.15, 0.2) is 52.2 Å². The van der Waals surface area contributed by atoms with Gasteiger partial charge in [0.1, 0.15) is 11.8 Å². The maximum absolute atomic E-state index is 13.1. The molecule has 4 rings (SSSR count). The van der Waals surface area contributed by atoms with E-state index in [-0.39, 0.29) is 11.9 Å². The van der Waals surface area contributed by atoms with Crippen molar-refractivity contribution in [1.82, 2.24) is 9.91 Å². The Bertz CT molecular complexity index is 803. The number of rotatable bonds is 4. The van der Waals surface area contributed by atoms with E-state index in [2.05, 4.69) is 43.0 Å². The normalized spacial score (nSPS) is 21.5. The molecule has 1 aromatic carbocycles. The van der Waals surface area contributed by atoms with Crippen LogP contribution >= 0.6 is 0 Å². The summed E-state index contributed by atoms with van der Waals surface area (Å²) in [7, 11) is 0. The first-order valence-electron chi connectivity index (χ1n) is 9.82. The second-order valence-electron chi connectivity index (χ2n) is 7.85. The highest BCUT2D eigenvalue weighted by atomic mass is 16.3. The van der Waals surface area contributed by atoms with Crippen molar-refractivity contribution in [2.45, 2.75) is 39.2 Å². The maximum atomic E-state index is 13.1. The number of hydrogen-bond acceptors (Lipinski definition) is 4. The Kier molecular flexibility index (Phi) is 5.12. The zero-order valence-electron chi connectivity index (χ0n) is 16.1. The Morgan fingerprint density at radius 3 is 2.59 bits per heavy atom. The number of furan rings is 1. The van der Waals surface area contributed by atoms with E-state index < -0.39 is 0 Å². The number of aryl methyl sites for hydroxylation is 1. The molecule has 0 bridgehead atoms. The van der Waals surface area contributed by atoms with Gasteiger partial charge in [0.05, 0.1) is 18.5 Å². The molecule has 1 aromatic heterocycles. The van der Waals surface area contributed by atoms with Gasteiger partial charge in [-0.05, 0) is 56.5 Å². The lowest BCUT2D eigenvalue weighted by molar-refractivity contribution is -0.134. The van der Waals surface area contributed by atoms with Gasteiger partial charge in [-0.2, -0.15) is 5.10 Å². The van der Waals surface area contributed by atoms with Gasteiger partial charge in [0, 0.05) is 6.42 Å². The zero-order chi connectivity index (χ0) is 18.8. The van der Waals surface area contributed by atoms with Gasteiger partial charge < -0.3 is 4.42 Å². The minimum atomic E-state index is -0.160. The second-order valence-corrected chi connectivity index (χ2v) is 7.85. The summed E-state index contributed by atoms with van der Waals surface area (Å²) in [6.45, 7) is 6.75. The summed E-state index contributed by atoms with van der Waals surface area (Å²) >= 11 is 0. The van der Waals surface area contributed by atoms with Crippen LogP contribution < -0.4 is 0 Å². The van der Waals surface area contributed by atoms with E-state index in [1.165, 1.54) is 5.56 Å². The van der Waals surface area contributed by atoms with Crippen molar-refractivity contribution >= 4 is 11.6 Å². The largest absolute Gasteiger partial charge is 0.467 e. The molecule has 2 aromatic rings. The first-order valence-corrected chi connectivity index (χ1v) is 9.82. The summed E-state index contributed by atoms with van der Waals surface area (Å²) in [5.41, 5.74) is 3.23. The standard InChI is InChI=1S/C22H27N3O2/c1-16-5-7-18(8-6-16)19-14-20(21-4-3-13-27-21)25(23-19)22(26)15-24-11-9-17(2)10-12-24/h3-8,13,17,20H,9-12,14-15H2,1-2H3. The number of hydrazone groups is 1. The highest BCUT2D eigenvalue weighted by Gasteiger charge is 2.35. The number of hydrogen-bond donors (Lipinski definition) is 0. The van der Waals surface area contributed by atoms with Crippen LogP contribution in [-0.4, -0.2) is 41.2 Å². The molecule has 3 heterocycles. The lowest BCUT2D eigenvalue weighted by atomic mass is 9.99. The fourth-order valence-corrected chi connectivity index (χ4v) is 3.85. The molecule has 1 fully saturated rings. The van der Waals surface area contributed by atoms with E-state index in [0.29, 0.717) is 13.0 Å². The number of nitrogens with zero attached hydrogens (tertiary/aromatic N) is 3. The van der Waals surface area contributed by atoms with Gasteiger partial charge in [0.25, 0.3) is 5.91 Å². The minimum absolute atomic E-state index is 0.0491. The zero-order valence-corrected chi connectivity index (χ0v) is 16.1. The highest BCUT2D eigenvalue weighted by molar-refractivity contribution is 6.03. The van der Waals surface area contributed by atoms with Crippen molar-refractivity contribution in [3.63, 3.8) is 0 Å². The number of piperidine rings is 1. The van der Waals surface area contributed by atoms with Gasteiger partial charge in [0.15, 0.2) is 0 Å². The van der Waals surface area contributed by atoms with Crippen molar-refractivity contribution in [3.05, 3.63) is 59.5 Å². The Morgan fingerprint density at radius 1 is 1.19 bits per heavy atom. The average Bonchev–Trinajstić information content (AvgIpc) is 3.33. The van der Waals surface area contributed by atoms with Crippen molar-refractivity contribution in [1.29, 1.82) is 0 Å². The number of carbonyl (C=O) groups is 1. The summed E-state index contributed by atoms with van der Waals surface area (Å²) in [5.74, 6) is 1.60. The second kappa shape index (κ2) is 7.69. The lowest BCUT2D eigenvalue weighted by Gasteiger charge is -2.31. The van der Waals surface area contributed by atoms with E-state index in [1.54, 1.807) is 11.3 Å². The van der Waals surface area contributed by atoms with Crippen molar-refractivity contribution in [2.24, 2.45) is 11.0 Å². The van der Waals surface area contributed by atoms with Crippen LogP contribution in [0.3, 0.4) is 0 Å². The molecular formula is C22H27N3O2. The van der Waals surface area contributed by atoms with E-state index in [9.17, 15) is 4.79 Å². The molecule has 0 radical (unpaired) electrons. The summed E-state index contributed by atoms with van der Waals surface area (Å²) < 4.78 is 5.62. The van der Waals surface area contributed by atoms with Crippen LogP contribution in [0.1, 0.15) is 49.1 Å². The van der Waals surface area contributed by atoms with Crippen LogP contribution in [0.5, 0.6) is 0 Å². The molecule has 0 spiro atoms. The van der Waals surface area contributed by atoms with Crippen LogP contribution in [0.4, 0.5) is 0 Å². The molecule has 142 valence electrons. The molecule has 0 N–H and O–H groups in total. The molecule has 1 unspecified atom stereocenters.